The number of aromatic nitrogens is 3. The van der Waals surface area contributed by atoms with Crippen LogP contribution in [0.3, 0.4) is 0 Å². The van der Waals surface area contributed by atoms with Gasteiger partial charge in [0.1, 0.15) is 0 Å². The summed E-state index contributed by atoms with van der Waals surface area (Å²) in [6.07, 6.45) is 3.60. The van der Waals surface area contributed by atoms with Crippen LogP contribution in [-0.2, 0) is 20.0 Å². The highest BCUT2D eigenvalue weighted by Gasteiger charge is 2.28. The highest BCUT2D eigenvalue weighted by Crippen LogP contribution is 2.30. The summed E-state index contributed by atoms with van der Waals surface area (Å²) in [5.41, 5.74) is 5.12. The molecule has 0 fully saturated rings. The molecule has 5 nitrogen and oxygen atoms in total. The molecule has 5 heteroatoms. The van der Waals surface area contributed by atoms with Crippen LogP contribution >= 0.6 is 0 Å². The quantitative estimate of drug-likeness (QED) is 0.791. The molecular weight excluding hydrogens is 288 g/mol. The molecule has 4 rings (SSSR count). The summed E-state index contributed by atoms with van der Waals surface area (Å²) in [5, 5.41) is 1.06. The van der Waals surface area contributed by atoms with E-state index in [0.717, 1.165) is 52.9 Å². The predicted octanol–water partition coefficient (Wildman–Crippen LogP) is 2.80. The van der Waals surface area contributed by atoms with Gasteiger partial charge >= 0.3 is 0 Å². The second kappa shape index (κ2) is 5.26. The minimum atomic E-state index is 0.122. The Bertz CT molecular complexity index is 890. The lowest BCUT2D eigenvalue weighted by atomic mass is 10.1. The molecule has 0 spiro atoms. The highest BCUT2D eigenvalue weighted by atomic mass is 16.2. The van der Waals surface area contributed by atoms with Crippen molar-refractivity contribution in [2.24, 2.45) is 7.05 Å². The fourth-order valence-electron chi connectivity index (χ4n) is 3.55. The zero-order valence-electron chi connectivity index (χ0n) is 13.5. The monoisotopic (exact) mass is 308 g/mol. The first kappa shape index (κ1) is 14.1. The molecule has 1 aromatic carbocycles. The lowest BCUT2D eigenvalue weighted by molar-refractivity contribution is 0.0748. The first-order valence-corrected chi connectivity index (χ1v) is 8.01. The smallest absolute Gasteiger partial charge is 0.256 e. The maximum Gasteiger partial charge on any atom is 0.256 e. The number of aryl methyl sites for hydroxylation is 2. The Kier molecular flexibility index (Phi) is 3.22. The van der Waals surface area contributed by atoms with Gasteiger partial charge in [0.2, 0.25) is 0 Å². The number of imidazole rings is 1. The van der Waals surface area contributed by atoms with E-state index in [9.17, 15) is 4.79 Å². The molecule has 0 unspecified atom stereocenters. The van der Waals surface area contributed by atoms with E-state index in [0.29, 0.717) is 6.54 Å². The first-order chi connectivity index (χ1) is 11.2. The molecule has 118 valence electrons. The van der Waals surface area contributed by atoms with E-state index in [2.05, 4.69) is 33.7 Å². The maximum absolute atomic E-state index is 13.2. The largest absolute Gasteiger partial charge is 0.348 e. The summed E-state index contributed by atoms with van der Waals surface area (Å²) in [5.74, 6) is 0.122. The number of aromatic amines is 1. The summed E-state index contributed by atoms with van der Waals surface area (Å²) >= 11 is 0. The number of hydrogen-bond acceptors (Lipinski definition) is 2. The first-order valence-electron chi connectivity index (χ1n) is 8.01. The van der Waals surface area contributed by atoms with E-state index in [1.165, 1.54) is 0 Å². The van der Waals surface area contributed by atoms with Crippen molar-refractivity contribution >= 4 is 16.8 Å². The number of amides is 1. The molecule has 0 saturated carbocycles. The van der Waals surface area contributed by atoms with Gasteiger partial charge in [-0.25, -0.2) is 4.98 Å². The average molecular weight is 308 g/mol. The van der Waals surface area contributed by atoms with Gasteiger partial charge in [0.05, 0.1) is 24.1 Å². The van der Waals surface area contributed by atoms with Gasteiger partial charge in [-0.05, 0) is 25.8 Å². The Morgan fingerprint density at radius 2 is 2.13 bits per heavy atom. The van der Waals surface area contributed by atoms with E-state index in [4.69, 9.17) is 0 Å². The number of carbonyl (C=O) groups is 1. The second-order valence-corrected chi connectivity index (χ2v) is 6.20. The Labute approximate surface area is 134 Å². The SMILES string of the molecule is Cc1[nH]cnc1CN1CCCc2c(c3ccccc3n2C)C1=O. The van der Waals surface area contributed by atoms with Crippen molar-refractivity contribution in [2.75, 3.05) is 6.54 Å². The van der Waals surface area contributed by atoms with E-state index in [1.54, 1.807) is 6.33 Å². The van der Waals surface area contributed by atoms with Gasteiger partial charge in [-0.2, -0.15) is 0 Å². The van der Waals surface area contributed by atoms with Crippen molar-refractivity contribution in [3.63, 3.8) is 0 Å². The predicted molar refractivity (Wildman–Crippen MR) is 89.3 cm³/mol. The van der Waals surface area contributed by atoms with Gasteiger partial charge < -0.3 is 14.5 Å². The summed E-state index contributed by atoms with van der Waals surface area (Å²) in [7, 11) is 2.06. The minimum Gasteiger partial charge on any atom is -0.348 e. The normalized spacial score (nSPS) is 15.0. The van der Waals surface area contributed by atoms with Crippen LogP contribution in [0.1, 0.15) is 33.9 Å². The Balaban J connectivity index is 1.79. The molecule has 0 aliphatic carbocycles. The Morgan fingerprint density at radius 3 is 2.91 bits per heavy atom. The Hall–Kier alpha value is -2.56. The van der Waals surface area contributed by atoms with Gasteiger partial charge in [0.15, 0.2) is 0 Å². The zero-order chi connectivity index (χ0) is 16.0. The van der Waals surface area contributed by atoms with Crippen LogP contribution in [0.25, 0.3) is 10.9 Å². The summed E-state index contributed by atoms with van der Waals surface area (Å²) < 4.78 is 2.17. The van der Waals surface area contributed by atoms with Crippen molar-refractivity contribution in [2.45, 2.75) is 26.3 Å². The number of benzene rings is 1. The fourth-order valence-corrected chi connectivity index (χ4v) is 3.55. The second-order valence-electron chi connectivity index (χ2n) is 6.20. The van der Waals surface area contributed by atoms with E-state index < -0.39 is 0 Å². The van der Waals surface area contributed by atoms with Crippen LogP contribution in [0.4, 0.5) is 0 Å². The fraction of sp³-hybridized carbons (Fsp3) is 0.333. The molecule has 0 bridgehead atoms. The number of carbonyl (C=O) groups excluding carboxylic acids is 1. The van der Waals surface area contributed by atoms with Crippen LogP contribution in [0, 0.1) is 6.92 Å². The maximum atomic E-state index is 13.2. The molecule has 3 aromatic rings. The number of hydrogen-bond donors (Lipinski definition) is 1. The molecule has 23 heavy (non-hydrogen) atoms. The lowest BCUT2D eigenvalue weighted by Gasteiger charge is -2.20. The molecule has 2 aromatic heterocycles. The number of H-pyrrole nitrogens is 1. The molecule has 3 heterocycles. The third kappa shape index (κ3) is 2.15. The van der Waals surface area contributed by atoms with Gasteiger partial charge in [-0.1, -0.05) is 18.2 Å². The number of fused-ring (bicyclic) bond motifs is 3. The van der Waals surface area contributed by atoms with Crippen molar-refractivity contribution in [1.29, 1.82) is 0 Å². The van der Waals surface area contributed by atoms with Gasteiger partial charge in [0.25, 0.3) is 5.91 Å². The van der Waals surface area contributed by atoms with Gasteiger partial charge in [-0.15, -0.1) is 0 Å². The van der Waals surface area contributed by atoms with Crippen LogP contribution in [0.5, 0.6) is 0 Å². The number of nitrogens with zero attached hydrogens (tertiary/aromatic N) is 3. The van der Waals surface area contributed by atoms with Crippen molar-refractivity contribution in [3.8, 4) is 0 Å². The molecule has 0 atom stereocenters. The van der Waals surface area contributed by atoms with E-state index >= 15 is 0 Å². The molecule has 1 amide bonds. The third-order valence-electron chi connectivity index (χ3n) is 4.85. The molecule has 0 saturated heterocycles. The minimum absolute atomic E-state index is 0.122. The summed E-state index contributed by atoms with van der Waals surface area (Å²) in [6.45, 7) is 3.33. The van der Waals surface area contributed by atoms with Crippen LogP contribution in [0.2, 0.25) is 0 Å². The van der Waals surface area contributed by atoms with Crippen LogP contribution < -0.4 is 0 Å². The van der Waals surface area contributed by atoms with Crippen LogP contribution in [-0.4, -0.2) is 31.9 Å². The molecule has 1 aliphatic heterocycles. The molecule has 1 N–H and O–H groups in total. The van der Waals surface area contributed by atoms with Crippen LogP contribution in [0.15, 0.2) is 30.6 Å². The highest BCUT2D eigenvalue weighted by molar-refractivity contribution is 6.08. The van der Waals surface area contributed by atoms with E-state index in [1.807, 2.05) is 24.0 Å². The topological polar surface area (TPSA) is 53.9 Å². The molecular formula is C18H20N4O. The van der Waals surface area contributed by atoms with Crippen molar-refractivity contribution in [1.82, 2.24) is 19.4 Å². The zero-order valence-corrected chi connectivity index (χ0v) is 13.5. The van der Waals surface area contributed by atoms with E-state index in [-0.39, 0.29) is 5.91 Å². The van der Waals surface area contributed by atoms with Crippen molar-refractivity contribution in [3.05, 3.63) is 53.2 Å². The lowest BCUT2D eigenvalue weighted by Crippen LogP contribution is -2.30. The standard InChI is InChI=1S/C18H20N4O/c1-12-14(20-11-19-12)10-22-9-5-8-16-17(18(22)23)13-6-3-4-7-15(13)21(16)2/h3-4,6-7,11H,5,8-10H2,1-2H3,(H,19,20). The number of rotatable bonds is 2. The summed E-state index contributed by atoms with van der Waals surface area (Å²) in [6, 6.07) is 8.16. The van der Waals surface area contributed by atoms with Gasteiger partial charge in [-0.3, -0.25) is 4.79 Å². The average Bonchev–Trinajstić information content (AvgIpc) is 3.02. The number of nitrogens with one attached hydrogen (secondary N) is 1. The molecule has 1 aliphatic rings. The summed E-state index contributed by atoms with van der Waals surface area (Å²) in [4.78, 5) is 22.5. The Morgan fingerprint density at radius 1 is 1.30 bits per heavy atom. The van der Waals surface area contributed by atoms with Crippen molar-refractivity contribution < 1.29 is 4.79 Å². The number of para-hydroxylation sites is 1. The third-order valence-corrected chi connectivity index (χ3v) is 4.85. The molecule has 0 radical (unpaired) electrons. The van der Waals surface area contributed by atoms with Gasteiger partial charge in [0, 0.05) is 35.9 Å².